The lowest BCUT2D eigenvalue weighted by molar-refractivity contribution is -0.309. The summed E-state index contributed by atoms with van der Waals surface area (Å²) in [6.07, 6.45) is -0.917. The summed E-state index contributed by atoms with van der Waals surface area (Å²) in [7, 11) is 1.67. The molecule has 1 aromatic carbocycles. The molecule has 0 unspecified atom stereocenters. The van der Waals surface area contributed by atoms with Gasteiger partial charge in [0.1, 0.15) is 5.69 Å². The molecule has 1 aromatic heterocycles. The Hall–Kier alpha value is -4.69. The largest absolute Gasteiger partial charge is 0.550 e. The van der Waals surface area contributed by atoms with E-state index in [0.29, 0.717) is 5.69 Å². The van der Waals surface area contributed by atoms with Crippen LogP contribution in [-0.4, -0.2) is 60.0 Å². The van der Waals surface area contributed by atoms with Crippen molar-refractivity contribution in [3.63, 3.8) is 0 Å². The first-order valence-electron chi connectivity index (χ1n) is 10.4. The highest BCUT2D eigenvalue weighted by Gasteiger charge is 2.33. The highest BCUT2D eigenvalue weighted by Crippen LogP contribution is 2.30. The molecule has 0 fully saturated rings. The van der Waals surface area contributed by atoms with Crippen LogP contribution in [0.15, 0.2) is 34.3 Å². The minimum Gasteiger partial charge on any atom is -0.550 e. The first kappa shape index (κ1) is 24.9. The van der Waals surface area contributed by atoms with Crippen molar-refractivity contribution in [3.8, 4) is 0 Å². The topological polar surface area (TPSA) is 229 Å². The molecule has 0 radical (unpaired) electrons. The van der Waals surface area contributed by atoms with Gasteiger partial charge in [-0.1, -0.05) is 0 Å². The number of amides is 1. The van der Waals surface area contributed by atoms with Gasteiger partial charge in [0, 0.05) is 30.8 Å². The lowest BCUT2D eigenvalue weighted by atomic mass is 10.1. The molecule has 0 spiro atoms. The highest BCUT2D eigenvalue weighted by atomic mass is 16.4. The second-order valence-electron chi connectivity index (χ2n) is 7.77. The lowest BCUT2D eigenvalue weighted by Gasteiger charge is -2.37. The number of fused-ring (bicyclic) bond motifs is 1. The van der Waals surface area contributed by atoms with E-state index in [9.17, 15) is 34.3 Å². The second-order valence-corrected chi connectivity index (χ2v) is 7.77. The number of carbonyl (C=O) groups excluding carboxylic acids is 3. The Labute approximate surface area is 197 Å². The zero-order chi connectivity index (χ0) is 25.7. The second kappa shape index (κ2) is 10.5. The molecule has 2 aromatic rings. The summed E-state index contributed by atoms with van der Waals surface area (Å²) < 4.78 is 0. The molecule has 0 saturated heterocycles. The molecule has 3 rings (SSSR count). The normalized spacial score (nSPS) is 15.6. The van der Waals surface area contributed by atoms with E-state index in [1.807, 2.05) is 0 Å². The van der Waals surface area contributed by atoms with Gasteiger partial charge in [0.05, 0.1) is 29.9 Å². The van der Waals surface area contributed by atoms with Gasteiger partial charge in [-0.25, -0.2) is 5.01 Å². The van der Waals surface area contributed by atoms with Gasteiger partial charge >= 0.3 is 0 Å². The number of nitrogens with one attached hydrogen (secondary N) is 3. The number of carboxylic acids is 2. The van der Waals surface area contributed by atoms with Crippen LogP contribution >= 0.6 is 0 Å². The molecule has 1 aliphatic heterocycles. The number of rotatable bonds is 10. The molecule has 1 aliphatic rings. The van der Waals surface area contributed by atoms with Gasteiger partial charge in [0.25, 0.3) is 11.5 Å². The maximum absolute atomic E-state index is 12.4. The third-order valence-electron chi connectivity index (χ3n) is 5.44. The van der Waals surface area contributed by atoms with Crippen molar-refractivity contribution < 1.29 is 24.6 Å². The average molecular weight is 486 g/mol. The number of H-pyrrole nitrogens is 1. The molecule has 0 saturated carbocycles. The Bertz CT molecular complexity index is 1180. The first-order valence-corrected chi connectivity index (χ1v) is 10.4. The molecule has 35 heavy (non-hydrogen) atoms. The van der Waals surface area contributed by atoms with E-state index in [-0.39, 0.29) is 48.6 Å². The summed E-state index contributed by atoms with van der Waals surface area (Å²) in [5, 5.41) is 31.0. The number of anilines is 4. The quantitative estimate of drug-likeness (QED) is 0.249. The molecule has 0 aliphatic carbocycles. The summed E-state index contributed by atoms with van der Waals surface area (Å²) in [5.41, 5.74) is 5.93. The zero-order valence-electron chi connectivity index (χ0n) is 18.5. The molecule has 2 atom stereocenters. The number of nitrogens with two attached hydrogens (primary N) is 1. The first-order chi connectivity index (χ1) is 16.6. The van der Waals surface area contributed by atoms with Crippen LogP contribution in [0.4, 0.5) is 23.1 Å². The fourth-order valence-corrected chi connectivity index (χ4v) is 3.56. The van der Waals surface area contributed by atoms with Crippen molar-refractivity contribution in [1.29, 1.82) is 0 Å². The Kier molecular flexibility index (Phi) is 7.48. The van der Waals surface area contributed by atoms with Gasteiger partial charge in [-0.05, 0) is 37.1 Å². The van der Waals surface area contributed by atoms with Gasteiger partial charge in [0.15, 0.2) is 5.82 Å². The van der Waals surface area contributed by atoms with E-state index in [1.165, 1.54) is 12.1 Å². The van der Waals surface area contributed by atoms with E-state index < -0.39 is 35.9 Å². The molecule has 186 valence electrons. The average Bonchev–Trinajstić information content (AvgIpc) is 2.80. The van der Waals surface area contributed by atoms with Crippen LogP contribution in [0.5, 0.6) is 0 Å². The van der Waals surface area contributed by atoms with E-state index in [4.69, 9.17) is 5.73 Å². The summed E-state index contributed by atoms with van der Waals surface area (Å²) in [6.45, 7) is 0.417. The number of nitrogen functional groups attached to an aromatic ring is 1. The number of carboxylic acid groups (broad SMARTS) is 2. The van der Waals surface area contributed by atoms with Crippen molar-refractivity contribution in [3.05, 3.63) is 45.1 Å². The van der Waals surface area contributed by atoms with Crippen LogP contribution in [0.25, 0.3) is 0 Å². The summed E-state index contributed by atoms with van der Waals surface area (Å²) in [6, 6.07) is 4.20. The standard InChI is InChI=1S/C20H24N8O7/c1-27-12(9-28(26-35)16-15(27)18(32)25-20(21)24-16)8-22-11-4-2-10(3-5-11)17(31)23-13(19(33)34)6-7-14(29)30/h2-5,12-13,22H,6-9H2,1H3,(H,23,31)(H,29,30)(H,33,34)(H3,21,24,25,32)/p-2/t12-,13-/m0/s1. The fourth-order valence-electron chi connectivity index (χ4n) is 3.56. The number of aromatic nitrogens is 2. The number of aliphatic carboxylic acids is 2. The van der Waals surface area contributed by atoms with E-state index in [0.717, 1.165) is 5.01 Å². The van der Waals surface area contributed by atoms with Crippen molar-refractivity contribution in [2.75, 3.05) is 41.1 Å². The number of aromatic amines is 1. The van der Waals surface area contributed by atoms with Gasteiger partial charge in [-0.15, -0.1) is 4.91 Å². The van der Waals surface area contributed by atoms with E-state index in [2.05, 4.69) is 25.9 Å². The Morgan fingerprint density at radius 1 is 1.29 bits per heavy atom. The van der Waals surface area contributed by atoms with Gasteiger partial charge < -0.3 is 41.1 Å². The summed E-state index contributed by atoms with van der Waals surface area (Å²) in [5.74, 6) is -3.84. The van der Waals surface area contributed by atoms with Gasteiger partial charge in [-0.3, -0.25) is 14.6 Å². The number of nitroso groups, excluding NO2 is 1. The van der Waals surface area contributed by atoms with Crippen molar-refractivity contribution >= 4 is 41.0 Å². The van der Waals surface area contributed by atoms with Crippen LogP contribution in [0.2, 0.25) is 0 Å². The van der Waals surface area contributed by atoms with Crippen LogP contribution in [0.3, 0.4) is 0 Å². The smallest absolute Gasteiger partial charge is 0.278 e. The van der Waals surface area contributed by atoms with Crippen molar-refractivity contribution in [2.24, 2.45) is 5.29 Å². The molecule has 2 heterocycles. The predicted molar refractivity (Wildman–Crippen MR) is 120 cm³/mol. The van der Waals surface area contributed by atoms with E-state index >= 15 is 0 Å². The Morgan fingerprint density at radius 3 is 2.57 bits per heavy atom. The van der Waals surface area contributed by atoms with Crippen LogP contribution in [0, 0.1) is 4.91 Å². The Morgan fingerprint density at radius 2 is 1.97 bits per heavy atom. The van der Waals surface area contributed by atoms with Crippen molar-refractivity contribution in [2.45, 2.75) is 24.9 Å². The van der Waals surface area contributed by atoms with Crippen LogP contribution < -0.4 is 42.0 Å². The number of likely N-dealkylation sites (N-methyl/N-ethyl adjacent to an activating group) is 1. The number of nitrogens with zero attached hydrogens (tertiary/aromatic N) is 4. The minimum absolute atomic E-state index is 0.0600. The lowest BCUT2D eigenvalue weighted by Crippen LogP contribution is -2.51. The third kappa shape index (κ3) is 5.82. The molecule has 1 amide bonds. The zero-order valence-corrected chi connectivity index (χ0v) is 18.5. The van der Waals surface area contributed by atoms with Crippen molar-refractivity contribution in [1.82, 2.24) is 15.3 Å². The number of hydrogen-bond acceptors (Lipinski definition) is 12. The van der Waals surface area contributed by atoms with E-state index in [1.54, 1.807) is 24.1 Å². The molecule has 0 bridgehead atoms. The number of carbonyl (C=O) groups is 3. The maximum Gasteiger partial charge on any atom is 0.278 e. The summed E-state index contributed by atoms with van der Waals surface area (Å²) >= 11 is 0. The van der Waals surface area contributed by atoms with Crippen LogP contribution in [-0.2, 0) is 9.59 Å². The molecule has 15 heteroatoms. The SMILES string of the molecule is CN1c2c(nc(N)[nH]c2=O)N(N=O)C[C@@H]1CNc1ccc(C(=O)N[C@@H](CCC(=O)[O-])C(=O)[O-])cc1. The number of benzene rings is 1. The molecule has 5 N–H and O–H groups in total. The highest BCUT2D eigenvalue weighted by molar-refractivity contribution is 5.96. The minimum atomic E-state index is -1.60. The number of hydrogen-bond donors (Lipinski definition) is 4. The summed E-state index contributed by atoms with van der Waals surface area (Å²) in [4.78, 5) is 65.7. The van der Waals surface area contributed by atoms with Crippen LogP contribution in [0.1, 0.15) is 23.2 Å². The molecule has 15 nitrogen and oxygen atoms in total. The van der Waals surface area contributed by atoms with Gasteiger partial charge in [-0.2, -0.15) is 4.98 Å². The molecular weight excluding hydrogens is 464 g/mol. The monoisotopic (exact) mass is 486 g/mol. The third-order valence-corrected chi connectivity index (χ3v) is 5.44. The maximum atomic E-state index is 12.4. The fraction of sp³-hybridized carbons (Fsp3) is 0.350. The van der Waals surface area contributed by atoms with Gasteiger partial charge in [0.2, 0.25) is 5.95 Å². The molecular formula is C20H22N8O7-2. The predicted octanol–water partition coefficient (Wildman–Crippen LogP) is -2.85. The Balaban J connectivity index is 1.64.